The maximum atomic E-state index is 16.4. The summed E-state index contributed by atoms with van der Waals surface area (Å²) in [5.74, 6) is -5.79. The van der Waals surface area contributed by atoms with Crippen LogP contribution in [0.5, 0.6) is 5.75 Å². The zero-order chi connectivity index (χ0) is 41.1. The fourth-order valence-corrected chi connectivity index (χ4v) is 8.93. The first-order chi connectivity index (χ1) is 27.6. The van der Waals surface area contributed by atoms with Crippen LogP contribution in [0.25, 0.3) is 21.9 Å². The maximum Gasteiger partial charge on any atom is 0.433 e. The summed E-state index contributed by atoms with van der Waals surface area (Å²) in [6.45, 7) is 0.451. The number of aromatic nitrogens is 5. The number of piperidine rings is 2. The zero-order valence-corrected chi connectivity index (χ0v) is 31.7. The molecule has 3 aliphatic rings. The number of alkyl halides is 5. The Kier molecular flexibility index (Phi) is 10.1. The van der Waals surface area contributed by atoms with Crippen LogP contribution in [0.15, 0.2) is 59.5 Å². The molecule has 0 radical (unpaired) electrons. The lowest BCUT2D eigenvalue weighted by Gasteiger charge is -2.41. The monoisotopic (exact) mass is 808 g/mol. The summed E-state index contributed by atoms with van der Waals surface area (Å²) in [5.41, 5.74) is -0.154. The number of anilines is 1. The van der Waals surface area contributed by atoms with Crippen molar-refractivity contribution in [1.82, 2.24) is 34.1 Å². The summed E-state index contributed by atoms with van der Waals surface area (Å²) in [4.78, 5) is 56.1. The van der Waals surface area contributed by atoms with Crippen molar-refractivity contribution in [3.8, 4) is 5.75 Å². The fraction of sp³-hybridized carbons (Fsp3) is 0.450. The number of imidazole rings is 1. The molecule has 58 heavy (non-hydrogen) atoms. The van der Waals surface area contributed by atoms with E-state index in [2.05, 4.69) is 15.6 Å². The van der Waals surface area contributed by atoms with Gasteiger partial charge in [0.05, 0.1) is 42.2 Å². The topological polar surface area (TPSA) is 145 Å². The van der Waals surface area contributed by atoms with E-state index in [1.54, 1.807) is 30.3 Å². The van der Waals surface area contributed by atoms with Gasteiger partial charge in [0, 0.05) is 42.8 Å². The van der Waals surface area contributed by atoms with Crippen LogP contribution in [0, 0.1) is 5.92 Å². The third-order valence-corrected chi connectivity index (χ3v) is 11.8. The SMILES string of the molecule is COc1ccc2c(c1C1CCN(CC3CCC(n4cc5cc(NC(=O)c6cccc(C(F)(F)F)n6)ccc5n4)CC3)CC1(F)F)n(C)c(=O)n2C1CCC(=O)NC1=O. The number of likely N-dealkylation sites (tertiary alicyclic amines) is 1. The van der Waals surface area contributed by atoms with Gasteiger partial charge in [0.25, 0.3) is 11.8 Å². The van der Waals surface area contributed by atoms with Gasteiger partial charge in [0.15, 0.2) is 0 Å². The summed E-state index contributed by atoms with van der Waals surface area (Å²) < 4.78 is 82.0. The summed E-state index contributed by atoms with van der Waals surface area (Å²) in [7, 11) is 2.90. The lowest BCUT2D eigenvalue weighted by atomic mass is 9.82. The van der Waals surface area contributed by atoms with Crippen LogP contribution in [0.4, 0.5) is 27.6 Å². The van der Waals surface area contributed by atoms with E-state index in [1.165, 1.54) is 29.4 Å². The Morgan fingerprint density at radius 1 is 1.02 bits per heavy atom. The highest BCUT2D eigenvalue weighted by Gasteiger charge is 2.48. The molecule has 2 aromatic carbocycles. The molecule has 3 aromatic heterocycles. The summed E-state index contributed by atoms with van der Waals surface area (Å²) in [6.07, 6.45) is 0.674. The molecule has 2 N–H and O–H groups in total. The van der Waals surface area contributed by atoms with E-state index in [0.717, 1.165) is 43.2 Å². The quantitative estimate of drug-likeness (QED) is 0.139. The number of imide groups is 1. The van der Waals surface area contributed by atoms with E-state index in [4.69, 9.17) is 9.84 Å². The molecule has 306 valence electrons. The third-order valence-electron chi connectivity index (χ3n) is 11.8. The Labute approximate surface area is 328 Å². The summed E-state index contributed by atoms with van der Waals surface area (Å²) in [6, 6.07) is 10.5. The molecule has 2 atom stereocenters. The largest absolute Gasteiger partial charge is 0.496 e. The van der Waals surface area contributed by atoms with E-state index in [-0.39, 0.29) is 53.7 Å². The molecule has 18 heteroatoms. The van der Waals surface area contributed by atoms with Crippen LogP contribution in [0.3, 0.4) is 0 Å². The first-order valence-corrected chi connectivity index (χ1v) is 19.2. The lowest BCUT2D eigenvalue weighted by Crippen LogP contribution is -2.49. The minimum Gasteiger partial charge on any atom is -0.496 e. The van der Waals surface area contributed by atoms with Gasteiger partial charge in [-0.05, 0) is 93.5 Å². The van der Waals surface area contributed by atoms with Crippen LogP contribution >= 0.6 is 0 Å². The van der Waals surface area contributed by atoms with E-state index >= 15 is 8.78 Å². The molecule has 1 aliphatic carbocycles. The molecule has 5 aromatic rings. The molecule has 2 saturated heterocycles. The highest BCUT2D eigenvalue weighted by Crippen LogP contribution is 2.47. The molecule has 13 nitrogen and oxygen atoms in total. The molecule has 0 bridgehead atoms. The van der Waals surface area contributed by atoms with Crippen LogP contribution in [0.1, 0.15) is 84.7 Å². The van der Waals surface area contributed by atoms with Gasteiger partial charge in [-0.25, -0.2) is 18.6 Å². The van der Waals surface area contributed by atoms with Crippen molar-refractivity contribution in [3.63, 3.8) is 0 Å². The number of carbonyl (C=O) groups excluding carboxylic acids is 3. The van der Waals surface area contributed by atoms with Crippen molar-refractivity contribution in [1.29, 1.82) is 0 Å². The first kappa shape index (κ1) is 39.2. The number of methoxy groups -OCH3 is 1. The number of aryl methyl sites for hydroxylation is 1. The number of hydrogen-bond donors (Lipinski definition) is 2. The van der Waals surface area contributed by atoms with Gasteiger partial charge in [0.2, 0.25) is 11.8 Å². The minimum atomic E-state index is -4.68. The van der Waals surface area contributed by atoms with Crippen LogP contribution in [-0.4, -0.2) is 79.2 Å². The van der Waals surface area contributed by atoms with Crippen LogP contribution in [-0.2, 0) is 22.8 Å². The molecule has 2 aliphatic heterocycles. The number of benzene rings is 2. The van der Waals surface area contributed by atoms with Gasteiger partial charge in [-0.2, -0.15) is 18.3 Å². The molecule has 2 unspecified atom stereocenters. The Morgan fingerprint density at radius 3 is 2.50 bits per heavy atom. The molecular weight excluding hydrogens is 767 g/mol. The fourth-order valence-electron chi connectivity index (χ4n) is 8.93. The highest BCUT2D eigenvalue weighted by molar-refractivity contribution is 6.04. The predicted molar refractivity (Wildman–Crippen MR) is 202 cm³/mol. The number of nitrogens with one attached hydrogen (secondary N) is 2. The van der Waals surface area contributed by atoms with Crippen molar-refractivity contribution in [2.75, 3.05) is 32.1 Å². The van der Waals surface area contributed by atoms with Gasteiger partial charge in [-0.3, -0.25) is 38.4 Å². The number of fused-ring (bicyclic) bond motifs is 2. The van der Waals surface area contributed by atoms with Crippen molar-refractivity contribution in [2.45, 2.75) is 75.0 Å². The second kappa shape index (κ2) is 14.9. The molecule has 5 heterocycles. The molecule has 8 rings (SSSR count). The number of rotatable bonds is 8. The van der Waals surface area contributed by atoms with Crippen molar-refractivity contribution < 1.29 is 41.1 Å². The third kappa shape index (κ3) is 7.33. The number of carbonyl (C=O) groups is 3. The average Bonchev–Trinajstić information content (AvgIpc) is 3.72. The lowest BCUT2D eigenvalue weighted by molar-refractivity contribution is -0.141. The number of hydrogen-bond acceptors (Lipinski definition) is 8. The summed E-state index contributed by atoms with van der Waals surface area (Å²) in [5, 5.41) is 10.3. The minimum absolute atomic E-state index is 0.0571. The molecular formula is C40H41F5N8O5. The zero-order valence-electron chi connectivity index (χ0n) is 31.7. The molecule has 3 fully saturated rings. The van der Waals surface area contributed by atoms with Crippen LogP contribution < -0.4 is 21.1 Å². The van der Waals surface area contributed by atoms with E-state index in [1.807, 2.05) is 15.8 Å². The summed E-state index contributed by atoms with van der Waals surface area (Å²) >= 11 is 0. The standard InChI is InChI=1S/C40H41F5N8O5/c1-50-35-29(53(38(50)57)30-13-15-33(54)48-37(30)56)12-14-31(58-2)34(35)26-16-17-51(21-39(26,41)42)19-22-6-9-25(10-7-22)52-20-23-18-24(8-11-27(23)49-52)46-36(55)28-4-3-5-32(47-28)40(43,44)45/h3-5,8,11-12,14,18,20,22,25-26,30H,6-7,9-10,13,15-17,19,21H2,1-2H3,(H,46,55)(H,48,54,56). The van der Waals surface area contributed by atoms with Gasteiger partial charge in [0.1, 0.15) is 23.2 Å². The van der Waals surface area contributed by atoms with Crippen LogP contribution in [0.2, 0.25) is 0 Å². The van der Waals surface area contributed by atoms with Crippen molar-refractivity contribution >= 4 is 45.3 Å². The van der Waals surface area contributed by atoms with Gasteiger partial charge < -0.3 is 10.1 Å². The normalized spacial score (nSPS) is 22.9. The first-order valence-electron chi connectivity index (χ1n) is 19.2. The number of nitrogens with zero attached hydrogens (tertiary/aromatic N) is 6. The Bertz CT molecular complexity index is 2480. The number of halogens is 5. The number of ether oxygens (including phenoxy) is 1. The molecule has 3 amide bonds. The highest BCUT2D eigenvalue weighted by atomic mass is 19.4. The Hall–Kier alpha value is -5.65. The predicted octanol–water partition coefficient (Wildman–Crippen LogP) is 6.20. The van der Waals surface area contributed by atoms with Gasteiger partial charge >= 0.3 is 11.9 Å². The number of pyridine rings is 1. The van der Waals surface area contributed by atoms with Crippen molar-refractivity contribution in [3.05, 3.63) is 82.2 Å². The Balaban J connectivity index is 0.911. The van der Waals surface area contributed by atoms with E-state index in [9.17, 15) is 32.3 Å². The molecule has 1 saturated carbocycles. The van der Waals surface area contributed by atoms with E-state index in [0.29, 0.717) is 29.8 Å². The smallest absolute Gasteiger partial charge is 0.433 e. The van der Waals surface area contributed by atoms with E-state index < -0.39 is 59.7 Å². The second-order valence-electron chi connectivity index (χ2n) is 15.5. The Morgan fingerprint density at radius 2 is 1.79 bits per heavy atom. The van der Waals surface area contributed by atoms with Gasteiger partial charge in [-0.1, -0.05) is 6.07 Å². The maximum absolute atomic E-state index is 16.4. The second-order valence-corrected chi connectivity index (χ2v) is 15.5. The average molecular weight is 809 g/mol. The molecule has 0 spiro atoms. The van der Waals surface area contributed by atoms with Gasteiger partial charge in [-0.15, -0.1) is 0 Å². The van der Waals surface area contributed by atoms with Crippen molar-refractivity contribution in [2.24, 2.45) is 13.0 Å². The number of amides is 3.